The third-order valence-corrected chi connectivity index (χ3v) is 2.45. The van der Waals surface area contributed by atoms with E-state index in [4.69, 9.17) is 0 Å². The molecular formula is C12H23IN4O. The molecule has 0 atom stereocenters. The summed E-state index contributed by atoms with van der Waals surface area (Å²) in [7, 11) is 1.72. The molecular weight excluding hydrogens is 343 g/mol. The van der Waals surface area contributed by atoms with Crippen LogP contribution in [0.2, 0.25) is 0 Å². The van der Waals surface area contributed by atoms with Gasteiger partial charge < -0.3 is 16.0 Å². The molecule has 1 fully saturated rings. The normalized spacial score (nSPS) is 14.4. The molecule has 18 heavy (non-hydrogen) atoms. The van der Waals surface area contributed by atoms with Gasteiger partial charge in [0.1, 0.15) is 0 Å². The van der Waals surface area contributed by atoms with Gasteiger partial charge >= 0.3 is 0 Å². The van der Waals surface area contributed by atoms with Gasteiger partial charge in [-0.1, -0.05) is 6.08 Å². The second-order valence-electron chi connectivity index (χ2n) is 4.11. The molecule has 1 rings (SSSR count). The molecule has 0 bridgehead atoms. The van der Waals surface area contributed by atoms with Gasteiger partial charge in [-0.25, -0.2) is 0 Å². The van der Waals surface area contributed by atoms with E-state index in [9.17, 15) is 4.79 Å². The fourth-order valence-electron chi connectivity index (χ4n) is 1.37. The Hall–Kier alpha value is -0.790. The Morgan fingerprint density at radius 3 is 2.72 bits per heavy atom. The maximum absolute atomic E-state index is 11.4. The van der Waals surface area contributed by atoms with Gasteiger partial charge in [0.15, 0.2) is 5.96 Å². The van der Waals surface area contributed by atoms with Crippen molar-refractivity contribution in [3.05, 3.63) is 12.7 Å². The van der Waals surface area contributed by atoms with Gasteiger partial charge in [-0.2, -0.15) is 0 Å². The summed E-state index contributed by atoms with van der Waals surface area (Å²) in [6.07, 6.45) is 5.44. The summed E-state index contributed by atoms with van der Waals surface area (Å²) in [6, 6.07) is 0.456. The number of guanidine groups is 1. The predicted molar refractivity (Wildman–Crippen MR) is 85.4 cm³/mol. The van der Waals surface area contributed by atoms with Gasteiger partial charge in [0.05, 0.1) is 0 Å². The van der Waals surface area contributed by atoms with Crippen molar-refractivity contribution in [2.24, 2.45) is 4.99 Å². The van der Waals surface area contributed by atoms with Crippen molar-refractivity contribution >= 4 is 35.8 Å². The van der Waals surface area contributed by atoms with Crippen LogP contribution in [0.15, 0.2) is 17.6 Å². The minimum Gasteiger partial charge on any atom is -0.356 e. The molecule has 0 aliphatic heterocycles. The van der Waals surface area contributed by atoms with E-state index in [1.54, 1.807) is 13.1 Å². The van der Waals surface area contributed by atoms with Crippen molar-refractivity contribution in [3.63, 3.8) is 0 Å². The Kier molecular flexibility index (Phi) is 9.72. The number of amides is 1. The van der Waals surface area contributed by atoms with Gasteiger partial charge in [-0.3, -0.25) is 9.79 Å². The molecule has 0 spiro atoms. The van der Waals surface area contributed by atoms with Crippen LogP contribution in [0, 0.1) is 0 Å². The van der Waals surface area contributed by atoms with Crippen LogP contribution in [0.25, 0.3) is 0 Å². The third kappa shape index (κ3) is 8.32. The first kappa shape index (κ1) is 17.2. The number of hydrogen-bond acceptors (Lipinski definition) is 2. The fourth-order valence-corrected chi connectivity index (χ4v) is 1.37. The smallest absolute Gasteiger partial charge is 0.220 e. The number of carbonyl (C=O) groups excluding carboxylic acids is 1. The van der Waals surface area contributed by atoms with Crippen LogP contribution in [0.1, 0.15) is 25.7 Å². The molecule has 1 saturated carbocycles. The summed E-state index contributed by atoms with van der Waals surface area (Å²) >= 11 is 0. The van der Waals surface area contributed by atoms with Crippen LogP contribution in [-0.4, -0.2) is 38.0 Å². The lowest BCUT2D eigenvalue weighted by atomic mass is 10.3. The minimum atomic E-state index is 0. The predicted octanol–water partition coefficient (Wildman–Crippen LogP) is 1.01. The molecule has 0 unspecified atom stereocenters. The first-order chi connectivity index (χ1) is 8.26. The van der Waals surface area contributed by atoms with E-state index in [1.165, 1.54) is 0 Å². The Bertz CT molecular complexity index is 290. The van der Waals surface area contributed by atoms with Crippen molar-refractivity contribution in [2.45, 2.75) is 31.7 Å². The first-order valence-electron chi connectivity index (χ1n) is 6.11. The topological polar surface area (TPSA) is 65.5 Å². The van der Waals surface area contributed by atoms with Crippen LogP contribution >= 0.6 is 24.0 Å². The minimum absolute atomic E-state index is 0. The number of hydrogen-bond donors (Lipinski definition) is 3. The average Bonchev–Trinajstić information content (AvgIpc) is 3.12. The van der Waals surface area contributed by atoms with Crippen molar-refractivity contribution in [3.8, 4) is 0 Å². The third-order valence-electron chi connectivity index (χ3n) is 2.45. The summed E-state index contributed by atoms with van der Waals surface area (Å²) in [4.78, 5) is 15.4. The molecule has 0 radical (unpaired) electrons. The highest BCUT2D eigenvalue weighted by Gasteiger charge is 2.22. The number of aliphatic imine (C=N–C) groups is 1. The van der Waals surface area contributed by atoms with Crippen LogP contribution < -0.4 is 16.0 Å². The molecule has 5 nitrogen and oxygen atoms in total. The monoisotopic (exact) mass is 366 g/mol. The summed E-state index contributed by atoms with van der Waals surface area (Å²) in [6.45, 7) is 5.05. The summed E-state index contributed by atoms with van der Waals surface area (Å²) < 4.78 is 0. The maximum atomic E-state index is 11.4. The summed E-state index contributed by atoms with van der Waals surface area (Å²) in [5.74, 6) is 0.899. The number of carbonyl (C=O) groups is 1. The van der Waals surface area contributed by atoms with Crippen LogP contribution in [-0.2, 0) is 4.79 Å². The molecule has 0 heterocycles. The van der Waals surface area contributed by atoms with E-state index in [0.29, 0.717) is 19.0 Å². The second kappa shape index (κ2) is 10.2. The standard InChI is InChI=1S/C12H22N4O.HI/c1-3-8-14-12(13-2)15-9-4-5-11(17)16-10-6-7-10;/h3,10H,1,4-9H2,2H3,(H,16,17)(H2,13,14,15);1H. The van der Waals surface area contributed by atoms with Gasteiger partial charge in [-0.15, -0.1) is 30.6 Å². The summed E-state index contributed by atoms with van der Waals surface area (Å²) in [5.41, 5.74) is 0. The lowest BCUT2D eigenvalue weighted by Gasteiger charge is -2.10. The number of nitrogens with zero attached hydrogens (tertiary/aromatic N) is 1. The van der Waals surface area contributed by atoms with Crippen LogP contribution in [0.5, 0.6) is 0 Å². The molecule has 0 aromatic heterocycles. The average molecular weight is 366 g/mol. The number of nitrogens with one attached hydrogen (secondary N) is 3. The van der Waals surface area contributed by atoms with Crippen molar-refractivity contribution in [2.75, 3.05) is 20.1 Å². The van der Waals surface area contributed by atoms with E-state index < -0.39 is 0 Å². The highest BCUT2D eigenvalue weighted by atomic mass is 127. The van der Waals surface area contributed by atoms with Crippen LogP contribution in [0.3, 0.4) is 0 Å². The zero-order valence-electron chi connectivity index (χ0n) is 10.9. The van der Waals surface area contributed by atoms with Crippen molar-refractivity contribution in [1.29, 1.82) is 0 Å². The SMILES string of the molecule is C=CCNC(=NC)NCCCC(=O)NC1CC1.I. The molecule has 3 N–H and O–H groups in total. The molecule has 1 aliphatic rings. The van der Waals surface area contributed by atoms with Gasteiger partial charge in [0.25, 0.3) is 0 Å². The van der Waals surface area contributed by atoms with E-state index in [1.807, 2.05) is 0 Å². The lowest BCUT2D eigenvalue weighted by molar-refractivity contribution is -0.121. The van der Waals surface area contributed by atoms with Crippen LogP contribution in [0.4, 0.5) is 0 Å². The molecule has 0 aromatic carbocycles. The van der Waals surface area contributed by atoms with Gasteiger partial charge in [0.2, 0.25) is 5.91 Å². The second-order valence-corrected chi connectivity index (χ2v) is 4.11. The van der Waals surface area contributed by atoms with Crippen molar-refractivity contribution in [1.82, 2.24) is 16.0 Å². The van der Waals surface area contributed by atoms with E-state index in [-0.39, 0.29) is 29.9 Å². The lowest BCUT2D eigenvalue weighted by Crippen LogP contribution is -2.38. The Labute approximate surface area is 126 Å². The largest absolute Gasteiger partial charge is 0.356 e. The number of rotatable bonds is 7. The van der Waals surface area contributed by atoms with Crippen molar-refractivity contribution < 1.29 is 4.79 Å². The zero-order valence-corrected chi connectivity index (χ0v) is 13.2. The first-order valence-corrected chi connectivity index (χ1v) is 6.11. The number of halogens is 1. The Balaban J connectivity index is 0.00000289. The quantitative estimate of drug-likeness (QED) is 0.207. The Morgan fingerprint density at radius 1 is 1.44 bits per heavy atom. The maximum Gasteiger partial charge on any atom is 0.220 e. The molecule has 1 aliphatic carbocycles. The van der Waals surface area contributed by atoms with E-state index in [0.717, 1.165) is 31.8 Å². The fraction of sp³-hybridized carbons (Fsp3) is 0.667. The zero-order chi connectivity index (χ0) is 12.5. The molecule has 1 amide bonds. The van der Waals surface area contributed by atoms with E-state index in [2.05, 4.69) is 27.5 Å². The molecule has 0 saturated heterocycles. The van der Waals surface area contributed by atoms with Gasteiger partial charge in [-0.05, 0) is 19.3 Å². The Morgan fingerprint density at radius 2 is 2.17 bits per heavy atom. The molecule has 104 valence electrons. The summed E-state index contributed by atoms with van der Waals surface area (Å²) in [5, 5.41) is 9.17. The highest BCUT2D eigenvalue weighted by Crippen LogP contribution is 2.18. The highest BCUT2D eigenvalue weighted by molar-refractivity contribution is 14.0. The molecule has 6 heteroatoms. The van der Waals surface area contributed by atoms with Gasteiger partial charge in [0, 0.05) is 32.6 Å². The van der Waals surface area contributed by atoms with E-state index >= 15 is 0 Å². The molecule has 0 aromatic rings.